The van der Waals surface area contributed by atoms with Crippen LogP contribution in [0.15, 0.2) is 42.5 Å². The van der Waals surface area contributed by atoms with E-state index in [9.17, 15) is 23.1 Å². The molecule has 0 bridgehead atoms. The number of fused-ring (bicyclic) bond motifs is 3. The topological polar surface area (TPSA) is 37.3 Å². The fourth-order valence-corrected chi connectivity index (χ4v) is 3.01. The molecule has 2 nitrogen and oxygen atoms in total. The van der Waals surface area contributed by atoms with Crippen molar-refractivity contribution >= 4 is 5.78 Å². The second-order valence-electron chi connectivity index (χ2n) is 5.51. The molecular weight excluding hydrogens is 293 g/mol. The number of hydrogen-bond acceptors (Lipinski definition) is 2. The molecule has 0 saturated carbocycles. The summed E-state index contributed by atoms with van der Waals surface area (Å²) >= 11 is 0. The van der Waals surface area contributed by atoms with Gasteiger partial charge < -0.3 is 5.11 Å². The monoisotopic (exact) mass is 306 g/mol. The quantitative estimate of drug-likeness (QED) is 0.920. The summed E-state index contributed by atoms with van der Waals surface area (Å²) < 4.78 is 40.5. The summed E-state index contributed by atoms with van der Waals surface area (Å²) in [5.41, 5.74) is -2.05. The molecule has 0 fully saturated rings. The third-order valence-electron chi connectivity index (χ3n) is 3.94. The lowest BCUT2D eigenvalue weighted by atomic mass is 9.90. The first kappa shape index (κ1) is 14.8. The molecular formula is C17H13F3O2. The minimum absolute atomic E-state index is 0.0719. The Bertz CT molecular complexity index is 765. The summed E-state index contributed by atoms with van der Waals surface area (Å²) in [6.45, 7) is 1.42. The number of hydrogen-bond donors (Lipinski definition) is 1. The van der Waals surface area contributed by atoms with Crippen LogP contribution in [0.2, 0.25) is 0 Å². The van der Waals surface area contributed by atoms with Gasteiger partial charge in [-0.1, -0.05) is 42.5 Å². The number of ketones is 1. The minimum Gasteiger partial charge on any atom is -0.372 e. The predicted octanol–water partition coefficient (Wildman–Crippen LogP) is 3.60. The van der Waals surface area contributed by atoms with Gasteiger partial charge in [0.25, 0.3) is 0 Å². The fourth-order valence-electron chi connectivity index (χ4n) is 3.01. The van der Waals surface area contributed by atoms with E-state index in [1.165, 1.54) is 31.2 Å². The summed E-state index contributed by atoms with van der Waals surface area (Å²) in [5, 5.41) is 10.4. The Kier molecular flexibility index (Phi) is 3.14. The molecule has 3 rings (SSSR count). The zero-order chi connectivity index (χ0) is 16.1. The standard InChI is InChI=1S/C17H13F3O2/c1-10(21)8-11-6-7-15-13(9-11)12-4-2-3-5-14(12)16(15,22)17(18,19)20/h2-7,9,22H,8H2,1H3. The maximum Gasteiger partial charge on any atom is 0.425 e. The molecule has 1 N–H and O–H groups in total. The summed E-state index contributed by atoms with van der Waals surface area (Å²) in [6, 6.07) is 10.2. The molecule has 0 aliphatic heterocycles. The van der Waals surface area contributed by atoms with Crippen molar-refractivity contribution in [2.45, 2.75) is 25.1 Å². The second kappa shape index (κ2) is 4.68. The Morgan fingerprint density at radius 3 is 2.36 bits per heavy atom. The Labute approximate surface area is 125 Å². The predicted molar refractivity (Wildman–Crippen MR) is 75.3 cm³/mol. The van der Waals surface area contributed by atoms with Crippen LogP contribution in [-0.4, -0.2) is 17.1 Å². The smallest absolute Gasteiger partial charge is 0.372 e. The molecule has 22 heavy (non-hydrogen) atoms. The van der Waals surface area contributed by atoms with Gasteiger partial charge in [0.05, 0.1) is 0 Å². The molecule has 0 saturated heterocycles. The van der Waals surface area contributed by atoms with Crippen molar-refractivity contribution in [1.29, 1.82) is 0 Å². The lowest BCUT2D eigenvalue weighted by Crippen LogP contribution is -2.41. The van der Waals surface area contributed by atoms with Gasteiger partial charge in [0, 0.05) is 17.5 Å². The lowest BCUT2D eigenvalue weighted by Gasteiger charge is -2.28. The Hall–Kier alpha value is -2.14. The minimum atomic E-state index is -4.82. The summed E-state index contributed by atoms with van der Waals surface area (Å²) in [6.07, 6.45) is -4.67. The maximum absolute atomic E-state index is 13.5. The van der Waals surface area contributed by atoms with Gasteiger partial charge in [-0.05, 0) is 23.6 Å². The van der Waals surface area contributed by atoms with Crippen molar-refractivity contribution < 1.29 is 23.1 Å². The average molecular weight is 306 g/mol. The highest BCUT2D eigenvalue weighted by molar-refractivity contribution is 5.83. The maximum atomic E-state index is 13.5. The van der Waals surface area contributed by atoms with Gasteiger partial charge >= 0.3 is 6.18 Å². The molecule has 1 atom stereocenters. The van der Waals surface area contributed by atoms with E-state index in [0.717, 1.165) is 0 Å². The van der Waals surface area contributed by atoms with Crippen molar-refractivity contribution in [3.63, 3.8) is 0 Å². The summed E-state index contributed by atoms with van der Waals surface area (Å²) in [7, 11) is 0. The van der Waals surface area contributed by atoms with Crippen molar-refractivity contribution in [3.05, 3.63) is 59.2 Å². The van der Waals surface area contributed by atoms with Gasteiger partial charge in [-0.3, -0.25) is 4.79 Å². The van der Waals surface area contributed by atoms with E-state index in [0.29, 0.717) is 16.7 Å². The highest BCUT2D eigenvalue weighted by Crippen LogP contribution is 2.54. The van der Waals surface area contributed by atoms with E-state index >= 15 is 0 Å². The third-order valence-corrected chi connectivity index (χ3v) is 3.94. The van der Waals surface area contributed by atoms with Crippen LogP contribution >= 0.6 is 0 Å². The Morgan fingerprint density at radius 2 is 1.73 bits per heavy atom. The SMILES string of the molecule is CC(=O)Cc1ccc2c(c1)-c1ccccc1C2(O)C(F)(F)F. The third kappa shape index (κ3) is 1.96. The molecule has 0 radical (unpaired) electrons. The molecule has 114 valence electrons. The normalized spacial score (nSPS) is 19.7. The van der Waals surface area contributed by atoms with Gasteiger partial charge in [0.2, 0.25) is 5.60 Å². The van der Waals surface area contributed by atoms with E-state index < -0.39 is 11.8 Å². The lowest BCUT2D eigenvalue weighted by molar-refractivity contribution is -0.246. The first-order chi connectivity index (χ1) is 10.2. The van der Waals surface area contributed by atoms with Crippen molar-refractivity contribution in [2.75, 3.05) is 0 Å². The summed E-state index contributed by atoms with van der Waals surface area (Å²) in [5.74, 6) is -0.0719. The summed E-state index contributed by atoms with van der Waals surface area (Å²) in [4.78, 5) is 11.2. The van der Waals surface area contributed by atoms with E-state index in [2.05, 4.69) is 0 Å². The van der Waals surface area contributed by atoms with Crippen LogP contribution in [0.4, 0.5) is 13.2 Å². The van der Waals surface area contributed by atoms with Crippen LogP contribution in [0.3, 0.4) is 0 Å². The number of halogens is 3. The largest absolute Gasteiger partial charge is 0.425 e. The Morgan fingerprint density at radius 1 is 1.09 bits per heavy atom. The van der Waals surface area contributed by atoms with Crippen molar-refractivity contribution in [1.82, 2.24) is 0 Å². The number of rotatable bonds is 2. The highest BCUT2D eigenvalue weighted by atomic mass is 19.4. The van der Waals surface area contributed by atoms with Gasteiger partial charge in [0.1, 0.15) is 5.78 Å². The van der Waals surface area contributed by atoms with Crippen LogP contribution in [-0.2, 0) is 16.8 Å². The van der Waals surface area contributed by atoms with Crippen molar-refractivity contribution in [2.24, 2.45) is 0 Å². The highest BCUT2D eigenvalue weighted by Gasteiger charge is 2.60. The molecule has 0 spiro atoms. The zero-order valence-electron chi connectivity index (χ0n) is 11.7. The Balaban J connectivity index is 2.27. The van der Waals surface area contributed by atoms with Gasteiger partial charge in [-0.15, -0.1) is 0 Å². The molecule has 0 amide bonds. The van der Waals surface area contributed by atoms with Gasteiger partial charge in [0.15, 0.2) is 0 Å². The fraction of sp³-hybridized carbons (Fsp3) is 0.235. The number of carbonyl (C=O) groups excluding carboxylic acids is 1. The molecule has 0 heterocycles. The number of Topliss-reactive ketones (excluding diaryl/α,β-unsaturated/α-hetero) is 1. The first-order valence-electron chi connectivity index (χ1n) is 6.77. The van der Waals surface area contributed by atoms with Crippen LogP contribution in [0, 0.1) is 0 Å². The van der Waals surface area contributed by atoms with Crippen molar-refractivity contribution in [3.8, 4) is 11.1 Å². The van der Waals surface area contributed by atoms with E-state index in [-0.39, 0.29) is 23.3 Å². The number of carbonyl (C=O) groups is 1. The first-order valence-corrected chi connectivity index (χ1v) is 6.77. The zero-order valence-corrected chi connectivity index (χ0v) is 11.7. The molecule has 1 aliphatic rings. The number of benzene rings is 2. The second-order valence-corrected chi connectivity index (χ2v) is 5.51. The molecule has 2 aromatic rings. The molecule has 0 aromatic heterocycles. The van der Waals surface area contributed by atoms with Crippen LogP contribution in [0.1, 0.15) is 23.6 Å². The number of alkyl halides is 3. The average Bonchev–Trinajstić information content (AvgIpc) is 2.69. The van der Waals surface area contributed by atoms with Gasteiger partial charge in [-0.25, -0.2) is 0 Å². The van der Waals surface area contributed by atoms with Crippen LogP contribution < -0.4 is 0 Å². The van der Waals surface area contributed by atoms with Crippen LogP contribution in [0.25, 0.3) is 11.1 Å². The van der Waals surface area contributed by atoms with E-state index in [1.54, 1.807) is 18.2 Å². The van der Waals surface area contributed by atoms with Gasteiger partial charge in [-0.2, -0.15) is 13.2 Å². The van der Waals surface area contributed by atoms with E-state index in [4.69, 9.17) is 0 Å². The van der Waals surface area contributed by atoms with E-state index in [1.807, 2.05) is 0 Å². The van der Waals surface area contributed by atoms with Crippen LogP contribution in [0.5, 0.6) is 0 Å². The molecule has 1 unspecified atom stereocenters. The number of aliphatic hydroxyl groups is 1. The molecule has 2 aromatic carbocycles. The molecule has 1 aliphatic carbocycles. The molecule has 5 heteroatoms.